The normalized spacial score (nSPS) is 24.6. The number of rotatable bonds is 3. The first-order valence-corrected chi connectivity index (χ1v) is 8.24. The van der Waals surface area contributed by atoms with Crippen molar-refractivity contribution in [3.05, 3.63) is 70.8 Å². The zero-order valence-corrected chi connectivity index (χ0v) is 12.5. The Morgan fingerprint density at radius 3 is 2.48 bits per heavy atom. The van der Waals surface area contributed by atoms with Gasteiger partial charge in [0, 0.05) is 12.0 Å². The largest absolute Gasteiger partial charge is 0.327 e. The first-order chi connectivity index (χ1) is 10.3. The Labute approximate surface area is 127 Å². The Hall–Kier alpha value is -1.60. The van der Waals surface area contributed by atoms with E-state index in [9.17, 15) is 0 Å². The lowest BCUT2D eigenvalue weighted by molar-refractivity contribution is 0.400. The molecule has 21 heavy (non-hydrogen) atoms. The van der Waals surface area contributed by atoms with E-state index in [2.05, 4.69) is 48.5 Å². The fourth-order valence-corrected chi connectivity index (χ4v) is 4.27. The molecule has 2 aliphatic carbocycles. The third-order valence-electron chi connectivity index (χ3n) is 5.46. The van der Waals surface area contributed by atoms with Gasteiger partial charge < -0.3 is 5.73 Å². The zero-order valence-electron chi connectivity index (χ0n) is 12.5. The van der Waals surface area contributed by atoms with Gasteiger partial charge in [0.05, 0.1) is 0 Å². The zero-order chi connectivity index (χ0) is 14.2. The molecule has 0 spiro atoms. The molecule has 0 aliphatic heterocycles. The van der Waals surface area contributed by atoms with Gasteiger partial charge in [-0.3, -0.25) is 0 Å². The van der Waals surface area contributed by atoms with E-state index in [1.807, 2.05) is 0 Å². The number of hydrogen-bond donors (Lipinski definition) is 1. The summed E-state index contributed by atoms with van der Waals surface area (Å²) in [6, 6.07) is 18.1. The first kappa shape index (κ1) is 13.1. The van der Waals surface area contributed by atoms with Crippen LogP contribution in [0.25, 0.3) is 0 Å². The Kier molecular flexibility index (Phi) is 3.31. The van der Waals surface area contributed by atoms with Crippen LogP contribution in [0.4, 0.5) is 0 Å². The van der Waals surface area contributed by atoms with Gasteiger partial charge in [-0.15, -0.1) is 0 Å². The van der Waals surface area contributed by atoms with Crippen molar-refractivity contribution < 1.29 is 0 Å². The van der Waals surface area contributed by atoms with Crippen molar-refractivity contribution in [3.63, 3.8) is 0 Å². The van der Waals surface area contributed by atoms with Crippen LogP contribution in [0.1, 0.15) is 53.4 Å². The highest BCUT2D eigenvalue weighted by atomic mass is 14.7. The second-order valence-electron chi connectivity index (χ2n) is 6.70. The predicted octanol–water partition coefficient (Wildman–Crippen LogP) is 4.16. The van der Waals surface area contributed by atoms with Crippen LogP contribution in [0.15, 0.2) is 48.5 Å². The molecule has 0 heterocycles. The highest BCUT2D eigenvalue weighted by Gasteiger charge is 2.33. The number of fused-ring (bicyclic) bond motifs is 2. The summed E-state index contributed by atoms with van der Waals surface area (Å²) in [5.74, 6) is 1.24. The molecule has 0 radical (unpaired) electrons. The maximum absolute atomic E-state index is 6.58. The van der Waals surface area contributed by atoms with Crippen molar-refractivity contribution in [2.75, 3.05) is 0 Å². The third-order valence-corrected chi connectivity index (χ3v) is 5.46. The Balaban J connectivity index is 1.50. The summed E-state index contributed by atoms with van der Waals surface area (Å²) in [6.45, 7) is 0. The summed E-state index contributed by atoms with van der Waals surface area (Å²) in [7, 11) is 0. The minimum absolute atomic E-state index is 0.302. The first-order valence-electron chi connectivity index (χ1n) is 8.24. The van der Waals surface area contributed by atoms with Gasteiger partial charge in [-0.05, 0) is 60.3 Å². The Bertz CT molecular complexity index is 646. The molecule has 108 valence electrons. The van der Waals surface area contributed by atoms with Gasteiger partial charge >= 0.3 is 0 Å². The van der Waals surface area contributed by atoms with E-state index < -0.39 is 0 Å². The maximum Gasteiger partial charge on any atom is 0.0117 e. The summed E-state index contributed by atoms with van der Waals surface area (Å²) in [5, 5.41) is 0. The average molecular weight is 277 g/mol. The number of aryl methyl sites for hydroxylation is 1. The molecule has 0 saturated carbocycles. The highest BCUT2D eigenvalue weighted by molar-refractivity contribution is 5.41. The van der Waals surface area contributed by atoms with Crippen LogP contribution in [-0.4, -0.2) is 6.04 Å². The third kappa shape index (κ3) is 2.30. The molecule has 0 amide bonds. The van der Waals surface area contributed by atoms with Crippen molar-refractivity contribution in [2.45, 2.75) is 50.0 Å². The molecule has 2 N–H and O–H groups in total. The van der Waals surface area contributed by atoms with E-state index in [1.54, 1.807) is 11.1 Å². The SMILES string of the molecule is NC(CC1CCCc2ccccc21)C1Cc2ccccc21. The molecular formula is C20H23N. The fourth-order valence-electron chi connectivity index (χ4n) is 4.27. The van der Waals surface area contributed by atoms with E-state index in [1.165, 1.54) is 36.8 Å². The van der Waals surface area contributed by atoms with Crippen molar-refractivity contribution in [1.82, 2.24) is 0 Å². The molecule has 0 saturated heterocycles. The lowest BCUT2D eigenvalue weighted by Gasteiger charge is -2.37. The van der Waals surface area contributed by atoms with Crippen LogP contribution in [0, 0.1) is 0 Å². The molecule has 3 unspecified atom stereocenters. The lowest BCUT2D eigenvalue weighted by atomic mass is 9.70. The minimum atomic E-state index is 0.302. The van der Waals surface area contributed by atoms with E-state index in [0.29, 0.717) is 17.9 Å². The Morgan fingerprint density at radius 2 is 1.67 bits per heavy atom. The molecule has 4 rings (SSSR count). The summed E-state index contributed by atoms with van der Waals surface area (Å²) < 4.78 is 0. The molecule has 0 bridgehead atoms. The summed E-state index contributed by atoms with van der Waals surface area (Å²) >= 11 is 0. The van der Waals surface area contributed by atoms with E-state index in [4.69, 9.17) is 5.73 Å². The van der Waals surface area contributed by atoms with Crippen LogP contribution in [-0.2, 0) is 12.8 Å². The van der Waals surface area contributed by atoms with Gasteiger partial charge in [-0.1, -0.05) is 48.5 Å². The fraction of sp³-hybridized carbons (Fsp3) is 0.400. The highest BCUT2D eigenvalue weighted by Crippen LogP contribution is 2.41. The number of nitrogens with two attached hydrogens (primary N) is 1. The summed E-state index contributed by atoms with van der Waals surface area (Å²) in [6.07, 6.45) is 6.17. The van der Waals surface area contributed by atoms with Gasteiger partial charge in [-0.25, -0.2) is 0 Å². The predicted molar refractivity (Wildman–Crippen MR) is 87.6 cm³/mol. The molecule has 2 aromatic carbocycles. The Morgan fingerprint density at radius 1 is 0.952 bits per heavy atom. The quantitative estimate of drug-likeness (QED) is 0.895. The number of benzene rings is 2. The van der Waals surface area contributed by atoms with Gasteiger partial charge in [0.15, 0.2) is 0 Å². The van der Waals surface area contributed by atoms with Gasteiger partial charge in [0.25, 0.3) is 0 Å². The van der Waals surface area contributed by atoms with Crippen LogP contribution >= 0.6 is 0 Å². The van der Waals surface area contributed by atoms with Crippen LogP contribution in [0.3, 0.4) is 0 Å². The minimum Gasteiger partial charge on any atom is -0.327 e. The molecule has 2 aromatic rings. The standard InChI is InChI=1S/C20H23N/c21-20(19-12-15-7-2-4-11-18(15)19)13-16-9-5-8-14-6-1-3-10-17(14)16/h1-4,6-7,10-11,16,19-20H,5,8-9,12-13,21H2. The van der Waals surface area contributed by atoms with Gasteiger partial charge in [0.1, 0.15) is 0 Å². The van der Waals surface area contributed by atoms with Crippen LogP contribution in [0.5, 0.6) is 0 Å². The summed E-state index contributed by atoms with van der Waals surface area (Å²) in [5.41, 5.74) is 12.7. The van der Waals surface area contributed by atoms with Gasteiger partial charge in [-0.2, -0.15) is 0 Å². The summed E-state index contributed by atoms with van der Waals surface area (Å²) in [4.78, 5) is 0. The van der Waals surface area contributed by atoms with Crippen molar-refractivity contribution in [1.29, 1.82) is 0 Å². The molecular weight excluding hydrogens is 254 g/mol. The van der Waals surface area contributed by atoms with Gasteiger partial charge in [0.2, 0.25) is 0 Å². The number of hydrogen-bond acceptors (Lipinski definition) is 1. The second kappa shape index (κ2) is 5.31. The average Bonchev–Trinajstić information content (AvgIpc) is 2.49. The molecule has 2 aliphatic rings. The van der Waals surface area contributed by atoms with E-state index in [-0.39, 0.29) is 0 Å². The molecule has 0 aromatic heterocycles. The van der Waals surface area contributed by atoms with E-state index >= 15 is 0 Å². The lowest BCUT2D eigenvalue weighted by Crippen LogP contribution is -2.37. The maximum atomic E-state index is 6.58. The van der Waals surface area contributed by atoms with Crippen LogP contribution in [0.2, 0.25) is 0 Å². The van der Waals surface area contributed by atoms with E-state index in [0.717, 1.165) is 6.42 Å². The molecule has 3 atom stereocenters. The monoisotopic (exact) mass is 277 g/mol. The molecule has 1 heteroatoms. The van der Waals surface area contributed by atoms with Crippen LogP contribution < -0.4 is 5.73 Å². The molecule has 0 fully saturated rings. The molecule has 1 nitrogen and oxygen atoms in total. The van der Waals surface area contributed by atoms with Crippen molar-refractivity contribution in [2.24, 2.45) is 5.73 Å². The topological polar surface area (TPSA) is 26.0 Å². The second-order valence-corrected chi connectivity index (χ2v) is 6.70. The smallest absolute Gasteiger partial charge is 0.0117 e. The van der Waals surface area contributed by atoms with Crippen molar-refractivity contribution >= 4 is 0 Å². The van der Waals surface area contributed by atoms with Crippen molar-refractivity contribution in [3.8, 4) is 0 Å².